The first-order valence-corrected chi connectivity index (χ1v) is 11.7. The van der Waals surface area contributed by atoms with E-state index in [4.69, 9.17) is 0 Å². The molecule has 0 spiro atoms. The topological polar surface area (TPSA) is 57.7 Å². The standard InChI is InChI=1S/C25H28N2O3S/c1-4-27(31(29,30)24-16-10-20(2)11-17-24)19-22-12-14-23(15-13-22)25(28)26(3)18-21-8-6-5-7-9-21/h5-17H,4,18-19H2,1-3H3. The van der Waals surface area contributed by atoms with E-state index in [1.165, 1.54) is 4.31 Å². The molecule has 3 rings (SSSR count). The molecule has 0 aliphatic rings. The molecule has 3 aromatic carbocycles. The van der Waals surface area contributed by atoms with Crippen LogP contribution >= 0.6 is 0 Å². The molecular formula is C25H28N2O3S. The number of benzene rings is 3. The highest BCUT2D eigenvalue weighted by atomic mass is 32.2. The van der Waals surface area contributed by atoms with Crippen LogP contribution in [-0.2, 0) is 23.1 Å². The second-order valence-electron chi connectivity index (χ2n) is 7.59. The van der Waals surface area contributed by atoms with E-state index in [-0.39, 0.29) is 17.3 Å². The molecule has 0 aromatic heterocycles. The minimum atomic E-state index is -3.58. The summed E-state index contributed by atoms with van der Waals surface area (Å²) in [6.07, 6.45) is 0. The molecular weight excluding hydrogens is 408 g/mol. The van der Waals surface area contributed by atoms with Gasteiger partial charge in [-0.25, -0.2) is 8.42 Å². The summed E-state index contributed by atoms with van der Waals surface area (Å²) >= 11 is 0. The number of aryl methyl sites for hydroxylation is 1. The fourth-order valence-electron chi connectivity index (χ4n) is 3.33. The fourth-order valence-corrected chi connectivity index (χ4v) is 4.77. The molecule has 0 aliphatic heterocycles. The lowest BCUT2D eigenvalue weighted by atomic mass is 10.1. The van der Waals surface area contributed by atoms with Crippen molar-refractivity contribution in [3.8, 4) is 0 Å². The van der Waals surface area contributed by atoms with Gasteiger partial charge in [0.15, 0.2) is 0 Å². The van der Waals surface area contributed by atoms with E-state index in [0.29, 0.717) is 18.7 Å². The highest BCUT2D eigenvalue weighted by molar-refractivity contribution is 7.89. The van der Waals surface area contributed by atoms with E-state index in [0.717, 1.165) is 16.7 Å². The molecule has 162 valence electrons. The lowest BCUT2D eigenvalue weighted by Crippen LogP contribution is -2.30. The van der Waals surface area contributed by atoms with Crippen LogP contribution in [0.15, 0.2) is 83.8 Å². The fraction of sp³-hybridized carbons (Fsp3) is 0.240. The van der Waals surface area contributed by atoms with Gasteiger partial charge in [0.2, 0.25) is 10.0 Å². The highest BCUT2D eigenvalue weighted by Gasteiger charge is 2.23. The van der Waals surface area contributed by atoms with Crippen molar-refractivity contribution in [3.05, 3.63) is 101 Å². The Kier molecular flexibility index (Phi) is 7.25. The lowest BCUT2D eigenvalue weighted by molar-refractivity contribution is 0.0785. The number of amides is 1. The van der Waals surface area contributed by atoms with E-state index in [9.17, 15) is 13.2 Å². The predicted octanol–water partition coefficient (Wildman–Crippen LogP) is 4.48. The Morgan fingerprint density at radius 3 is 1.97 bits per heavy atom. The normalized spacial score (nSPS) is 11.5. The zero-order valence-electron chi connectivity index (χ0n) is 18.2. The third-order valence-corrected chi connectivity index (χ3v) is 7.12. The van der Waals surface area contributed by atoms with Gasteiger partial charge in [0.25, 0.3) is 5.91 Å². The Bertz CT molecular complexity index is 1110. The molecule has 1 amide bonds. The van der Waals surface area contributed by atoms with E-state index in [1.54, 1.807) is 48.3 Å². The van der Waals surface area contributed by atoms with E-state index >= 15 is 0 Å². The third kappa shape index (κ3) is 5.60. The van der Waals surface area contributed by atoms with Crippen molar-refractivity contribution < 1.29 is 13.2 Å². The van der Waals surface area contributed by atoms with Crippen LogP contribution in [0.1, 0.15) is 34.0 Å². The molecule has 31 heavy (non-hydrogen) atoms. The molecule has 0 heterocycles. The van der Waals surface area contributed by atoms with Crippen LogP contribution in [0.3, 0.4) is 0 Å². The van der Waals surface area contributed by atoms with Gasteiger partial charge in [0.1, 0.15) is 0 Å². The van der Waals surface area contributed by atoms with Gasteiger partial charge in [0, 0.05) is 32.2 Å². The summed E-state index contributed by atoms with van der Waals surface area (Å²) < 4.78 is 27.4. The summed E-state index contributed by atoms with van der Waals surface area (Å²) in [4.78, 5) is 14.7. The first-order valence-electron chi connectivity index (χ1n) is 10.3. The second kappa shape index (κ2) is 9.90. The Labute approximate surface area is 185 Å². The first-order chi connectivity index (χ1) is 14.8. The van der Waals surface area contributed by atoms with Crippen molar-refractivity contribution in [1.82, 2.24) is 9.21 Å². The van der Waals surface area contributed by atoms with Crippen LogP contribution in [0.5, 0.6) is 0 Å². The van der Waals surface area contributed by atoms with Gasteiger partial charge < -0.3 is 4.90 Å². The van der Waals surface area contributed by atoms with Crippen molar-refractivity contribution in [2.75, 3.05) is 13.6 Å². The zero-order valence-corrected chi connectivity index (χ0v) is 19.0. The van der Waals surface area contributed by atoms with Gasteiger partial charge in [-0.1, -0.05) is 67.1 Å². The SMILES string of the molecule is CCN(Cc1ccc(C(=O)N(C)Cc2ccccc2)cc1)S(=O)(=O)c1ccc(C)cc1. The molecule has 5 nitrogen and oxygen atoms in total. The van der Waals surface area contributed by atoms with Crippen LogP contribution in [0, 0.1) is 6.92 Å². The molecule has 0 radical (unpaired) electrons. The smallest absolute Gasteiger partial charge is 0.253 e. The van der Waals surface area contributed by atoms with Crippen LogP contribution < -0.4 is 0 Å². The minimum absolute atomic E-state index is 0.0740. The number of sulfonamides is 1. The van der Waals surface area contributed by atoms with Gasteiger partial charge in [-0.15, -0.1) is 0 Å². The van der Waals surface area contributed by atoms with Crippen molar-refractivity contribution in [3.63, 3.8) is 0 Å². The Morgan fingerprint density at radius 2 is 1.39 bits per heavy atom. The number of rotatable bonds is 8. The van der Waals surface area contributed by atoms with E-state index in [1.807, 2.05) is 56.3 Å². The van der Waals surface area contributed by atoms with Crippen molar-refractivity contribution >= 4 is 15.9 Å². The molecule has 0 aliphatic carbocycles. The summed E-state index contributed by atoms with van der Waals surface area (Å²) in [5.74, 6) is -0.0740. The number of carbonyl (C=O) groups is 1. The predicted molar refractivity (Wildman–Crippen MR) is 123 cm³/mol. The number of nitrogens with zero attached hydrogens (tertiary/aromatic N) is 2. The second-order valence-corrected chi connectivity index (χ2v) is 9.53. The van der Waals surface area contributed by atoms with Gasteiger partial charge in [-0.05, 0) is 42.3 Å². The monoisotopic (exact) mass is 436 g/mol. The van der Waals surface area contributed by atoms with Crippen molar-refractivity contribution in [2.24, 2.45) is 0 Å². The molecule has 0 saturated carbocycles. The van der Waals surface area contributed by atoms with Gasteiger partial charge in [-0.3, -0.25) is 4.79 Å². The largest absolute Gasteiger partial charge is 0.337 e. The Balaban J connectivity index is 1.70. The molecule has 0 unspecified atom stereocenters. The maximum absolute atomic E-state index is 13.0. The highest BCUT2D eigenvalue weighted by Crippen LogP contribution is 2.19. The lowest BCUT2D eigenvalue weighted by Gasteiger charge is -2.21. The Morgan fingerprint density at radius 1 is 0.806 bits per heavy atom. The zero-order chi connectivity index (χ0) is 22.4. The quantitative estimate of drug-likeness (QED) is 0.523. The minimum Gasteiger partial charge on any atom is -0.337 e. The first kappa shape index (κ1) is 22.7. The number of hydrogen-bond donors (Lipinski definition) is 0. The number of carbonyl (C=O) groups excluding carboxylic acids is 1. The molecule has 0 N–H and O–H groups in total. The molecule has 6 heteroatoms. The van der Waals surface area contributed by atoms with Crippen LogP contribution in [0.25, 0.3) is 0 Å². The van der Waals surface area contributed by atoms with E-state index in [2.05, 4.69) is 0 Å². The number of hydrogen-bond acceptors (Lipinski definition) is 3. The average Bonchev–Trinajstić information content (AvgIpc) is 2.78. The van der Waals surface area contributed by atoms with Crippen molar-refractivity contribution in [1.29, 1.82) is 0 Å². The van der Waals surface area contributed by atoms with Gasteiger partial charge in [-0.2, -0.15) is 4.31 Å². The van der Waals surface area contributed by atoms with Gasteiger partial charge in [0.05, 0.1) is 4.90 Å². The van der Waals surface area contributed by atoms with Crippen LogP contribution in [0.2, 0.25) is 0 Å². The summed E-state index contributed by atoms with van der Waals surface area (Å²) in [7, 11) is -1.81. The summed E-state index contributed by atoms with van der Waals surface area (Å²) in [6.45, 7) is 4.88. The summed E-state index contributed by atoms with van der Waals surface area (Å²) in [5, 5.41) is 0. The van der Waals surface area contributed by atoms with Crippen LogP contribution in [0.4, 0.5) is 0 Å². The van der Waals surface area contributed by atoms with E-state index < -0.39 is 10.0 Å². The Hall–Kier alpha value is -2.96. The van der Waals surface area contributed by atoms with Gasteiger partial charge >= 0.3 is 0 Å². The summed E-state index contributed by atoms with van der Waals surface area (Å²) in [6, 6.07) is 23.8. The third-order valence-electron chi connectivity index (χ3n) is 5.18. The molecule has 0 atom stereocenters. The average molecular weight is 437 g/mol. The van der Waals surface area contributed by atoms with Crippen LogP contribution in [-0.4, -0.2) is 37.1 Å². The maximum atomic E-state index is 13.0. The molecule has 0 bridgehead atoms. The molecule has 3 aromatic rings. The molecule has 0 saturated heterocycles. The maximum Gasteiger partial charge on any atom is 0.253 e. The summed E-state index contributed by atoms with van der Waals surface area (Å²) in [5.41, 5.74) is 3.49. The van der Waals surface area contributed by atoms with Crippen molar-refractivity contribution in [2.45, 2.75) is 31.8 Å². The molecule has 0 fully saturated rings.